The highest BCUT2D eigenvalue weighted by molar-refractivity contribution is 6.04. The number of anilines is 4. The maximum absolute atomic E-state index is 13.6. The number of ether oxygens (including phenoxy) is 2. The predicted octanol–water partition coefficient (Wildman–Crippen LogP) is 5.14. The molecule has 46 heavy (non-hydrogen) atoms. The molecule has 2 aliphatic rings. The lowest BCUT2D eigenvalue weighted by Crippen LogP contribution is -2.47. The summed E-state index contributed by atoms with van der Waals surface area (Å²) >= 11 is 0. The number of nitrogens with zero attached hydrogens (tertiary/aromatic N) is 3. The van der Waals surface area contributed by atoms with Gasteiger partial charge in [-0.3, -0.25) is 9.69 Å². The monoisotopic (exact) mass is 640 g/mol. The summed E-state index contributed by atoms with van der Waals surface area (Å²) < 4.78 is 51.3. The molecule has 3 N–H and O–H groups in total. The first-order valence-corrected chi connectivity index (χ1v) is 15.3. The molecule has 0 aromatic heterocycles. The molecule has 2 aliphatic heterocycles. The summed E-state index contributed by atoms with van der Waals surface area (Å²) in [7, 11) is 1.64. The van der Waals surface area contributed by atoms with E-state index >= 15 is 0 Å². The van der Waals surface area contributed by atoms with Crippen LogP contribution in [0.3, 0.4) is 0 Å². The number of amides is 3. The molecule has 13 heteroatoms. The number of hydrogen-bond donors (Lipinski definition) is 3. The summed E-state index contributed by atoms with van der Waals surface area (Å²) in [4.78, 5) is 33.0. The van der Waals surface area contributed by atoms with Crippen LogP contribution in [-0.2, 0) is 10.9 Å². The van der Waals surface area contributed by atoms with Crippen molar-refractivity contribution >= 4 is 34.7 Å². The zero-order valence-corrected chi connectivity index (χ0v) is 25.7. The van der Waals surface area contributed by atoms with Gasteiger partial charge in [0.25, 0.3) is 5.91 Å². The molecular formula is C33H39F3N6O4. The van der Waals surface area contributed by atoms with Gasteiger partial charge in [0.2, 0.25) is 0 Å². The van der Waals surface area contributed by atoms with Crippen LogP contribution < -0.4 is 30.5 Å². The molecule has 0 unspecified atom stereocenters. The number of morpholine rings is 1. The van der Waals surface area contributed by atoms with Gasteiger partial charge in [-0.05, 0) is 55.4 Å². The minimum Gasteiger partial charge on any atom is -0.495 e. The number of methoxy groups -OCH3 is 1. The lowest BCUT2D eigenvalue weighted by Gasteiger charge is -2.38. The van der Waals surface area contributed by atoms with Crippen molar-refractivity contribution in [2.45, 2.75) is 12.6 Å². The van der Waals surface area contributed by atoms with Gasteiger partial charge in [0.15, 0.2) is 0 Å². The Morgan fingerprint density at radius 2 is 1.52 bits per heavy atom. The summed E-state index contributed by atoms with van der Waals surface area (Å²) in [6, 6.07) is 16.7. The van der Waals surface area contributed by atoms with Gasteiger partial charge in [-0.25, -0.2) is 4.79 Å². The number of carbonyl (C=O) groups excluding carboxylic acids is 2. The van der Waals surface area contributed by atoms with E-state index in [1.807, 2.05) is 24.3 Å². The average Bonchev–Trinajstić information content (AvgIpc) is 3.07. The van der Waals surface area contributed by atoms with Crippen LogP contribution in [0.2, 0.25) is 0 Å². The van der Waals surface area contributed by atoms with Crippen molar-refractivity contribution in [3.63, 3.8) is 0 Å². The number of para-hydroxylation sites is 3. The maximum atomic E-state index is 13.6. The van der Waals surface area contributed by atoms with Crippen molar-refractivity contribution in [2.75, 3.05) is 93.1 Å². The average molecular weight is 641 g/mol. The Hall–Kier alpha value is -4.49. The van der Waals surface area contributed by atoms with Crippen LogP contribution in [0.1, 0.15) is 22.3 Å². The van der Waals surface area contributed by atoms with Gasteiger partial charge in [-0.1, -0.05) is 24.3 Å². The van der Waals surface area contributed by atoms with Crippen molar-refractivity contribution < 1.29 is 32.2 Å². The van der Waals surface area contributed by atoms with Crippen LogP contribution in [0.15, 0.2) is 66.7 Å². The molecule has 2 heterocycles. The van der Waals surface area contributed by atoms with Crippen molar-refractivity contribution in [1.29, 1.82) is 0 Å². The zero-order valence-electron chi connectivity index (χ0n) is 25.7. The lowest BCUT2D eigenvalue weighted by molar-refractivity contribution is -0.136. The van der Waals surface area contributed by atoms with E-state index in [4.69, 9.17) is 9.47 Å². The van der Waals surface area contributed by atoms with Crippen molar-refractivity contribution in [3.8, 4) is 5.75 Å². The fourth-order valence-corrected chi connectivity index (χ4v) is 5.70. The highest BCUT2D eigenvalue weighted by Gasteiger charge is 2.33. The topological polar surface area (TPSA) is 98.4 Å². The molecule has 0 aliphatic carbocycles. The van der Waals surface area contributed by atoms with E-state index in [-0.39, 0.29) is 17.3 Å². The van der Waals surface area contributed by atoms with Crippen LogP contribution in [0.5, 0.6) is 5.75 Å². The molecule has 0 saturated carbocycles. The molecular weight excluding hydrogens is 601 g/mol. The molecule has 3 aromatic rings. The first-order valence-electron chi connectivity index (χ1n) is 15.3. The standard InChI is InChI=1S/C33H39F3N6O4/c1-45-30-10-5-4-9-29(30)42-17-15-41(16-18-42)28-12-11-24(38-32(44)39-27-8-3-2-7-26(27)33(34,35)36)23-25(28)31(43)37-13-6-14-40-19-21-46-22-20-40/h2-5,7-12,23H,6,13-22H2,1H3,(H,37,43)(H2,38,39,44). The van der Waals surface area contributed by atoms with E-state index in [1.54, 1.807) is 25.3 Å². The minimum absolute atomic E-state index is 0.275. The van der Waals surface area contributed by atoms with E-state index < -0.39 is 17.8 Å². The van der Waals surface area contributed by atoms with Gasteiger partial charge in [-0.15, -0.1) is 0 Å². The zero-order chi connectivity index (χ0) is 32.5. The van der Waals surface area contributed by atoms with Crippen LogP contribution in [0.4, 0.5) is 40.7 Å². The van der Waals surface area contributed by atoms with Gasteiger partial charge >= 0.3 is 12.2 Å². The third-order valence-corrected chi connectivity index (χ3v) is 8.07. The van der Waals surface area contributed by atoms with Crippen LogP contribution in [0.25, 0.3) is 0 Å². The first kappa shape index (κ1) is 32.9. The number of alkyl halides is 3. The molecule has 2 fully saturated rings. The van der Waals surface area contributed by atoms with Crippen molar-refractivity contribution in [3.05, 3.63) is 77.9 Å². The maximum Gasteiger partial charge on any atom is 0.418 e. The van der Waals surface area contributed by atoms with E-state index in [2.05, 4.69) is 30.7 Å². The molecule has 0 bridgehead atoms. The third kappa shape index (κ3) is 8.40. The number of nitrogens with one attached hydrogen (secondary N) is 3. The highest BCUT2D eigenvalue weighted by atomic mass is 19.4. The van der Waals surface area contributed by atoms with Gasteiger partial charge < -0.3 is 35.2 Å². The van der Waals surface area contributed by atoms with E-state index in [0.29, 0.717) is 57.2 Å². The van der Waals surface area contributed by atoms with Gasteiger partial charge in [0.1, 0.15) is 5.75 Å². The summed E-state index contributed by atoms with van der Waals surface area (Å²) in [5.74, 6) is 0.496. The van der Waals surface area contributed by atoms with Crippen LogP contribution >= 0.6 is 0 Å². The van der Waals surface area contributed by atoms with Crippen LogP contribution in [-0.4, -0.2) is 89.5 Å². The Morgan fingerprint density at radius 1 is 0.848 bits per heavy atom. The third-order valence-electron chi connectivity index (χ3n) is 8.07. The largest absolute Gasteiger partial charge is 0.495 e. The quantitative estimate of drug-likeness (QED) is 0.264. The van der Waals surface area contributed by atoms with E-state index in [9.17, 15) is 22.8 Å². The van der Waals surface area contributed by atoms with Crippen molar-refractivity contribution in [1.82, 2.24) is 10.2 Å². The molecule has 3 amide bonds. The van der Waals surface area contributed by atoms with Gasteiger partial charge in [0, 0.05) is 57.2 Å². The summed E-state index contributed by atoms with van der Waals surface area (Å²) in [5, 5.41) is 7.88. The SMILES string of the molecule is COc1ccccc1N1CCN(c2ccc(NC(=O)Nc3ccccc3C(F)(F)F)cc2C(=O)NCCCN2CCOCC2)CC1. The molecule has 0 atom stereocenters. The number of hydrogen-bond acceptors (Lipinski definition) is 7. The second kappa shape index (κ2) is 15.2. The second-order valence-electron chi connectivity index (χ2n) is 11.1. The molecule has 246 valence electrons. The predicted molar refractivity (Wildman–Crippen MR) is 172 cm³/mol. The lowest BCUT2D eigenvalue weighted by atomic mass is 10.1. The summed E-state index contributed by atoms with van der Waals surface area (Å²) in [5.41, 5.74) is 1.03. The number of urea groups is 1. The molecule has 5 rings (SSSR count). The number of rotatable bonds is 10. The number of benzene rings is 3. The molecule has 0 radical (unpaired) electrons. The van der Waals surface area contributed by atoms with Crippen molar-refractivity contribution in [2.24, 2.45) is 0 Å². The van der Waals surface area contributed by atoms with Crippen LogP contribution in [0, 0.1) is 0 Å². The van der Waals surface area contributed by atoms with E-state index in [1.165, 1.54) is 18.2 Å². The molecule has 3 aromatic carbocycles. The number of piperazine rings is 1. The van der Waals surface area contributed by atoms with Gasteiger partial charge in [-0.2, -0.15) is 13.2 Å². The Bertz CT molecular complexity index is 1490. The Kier molecular flexibility index (Phi) is 10.9. The smallest absolute Gasteiger partial charge is 0.418 e. The summed E-state index contributed by atoms with van der Waals surface area (Å²) in [6.07, 6.45) is -3.87. The molecule has 10 nitrogen and oxygen atoms in total. The number of carbonyl (C=O) groups is 2. The second-order valence-corrected chi connectivity index (χ2v) is 11.1. The Labute approximate surface area is 266 Å². The normalized spacial score (nSPS) is 15.7. The van der Waals surface area contributed by atoms with E-state index in [0.717, 1.165) is 43.6 Å². The number of halogens is 3. The summed E-state index contributed by atoms with van der Waals surface area (Å²) in [6.45, 7) is 7.10. The van der Waals surface area contributed by atoms with Gasteiger partial charge in [0.05, 0.1) is 42.8 Å². The fourth-order valence-electron chi connectivity index (χ4n) is 5.70. The fraction of sp³-hybridized carbons (Fsp3) is 0.394. The first-order chi connectivity index (χ1) is 22.2. The highest BCUT2D eigenvalue weighted by Crippen LogP contribution is 2.35. The Morgan fingerprint density at radius 3 is 2.24 bits per heavy atom. The minimum atomic E-state index is -4.63. The molecule has 2 saturated heterocycles. The molecule has 0 spiro atoms. The Balaban J connectivity index is 1.29.